The second-order valence-corrected chi connectivity index (χ2v) is 22.2. The standard InChI is InChI=1S/C55H70N6O6/c1-52(2,3)66-50(64)56-40-23-22-37-21-20-36-16-11-13-18-44(36)60(46(37)31-40)48(62)34-58-29-26-39(33-58)43-30-38-17-12-14-19-45(38)61(49(63)35-59-54(7,8)27-15-28-55(59,9)10)47-32-41(24-25-42(43)47)57-51(65)67-53(4,5)6/h11-14,16-19,22-25,31-32,39,43H,15,20-21,26-30,33-35H2,1-10H3,(H,56,64)(H,57,65). The van der Waals surface area contributed by atoms with E-state index in [0.29, 0.717) is 24.3 Å². The van der Waals surface area contributed by atoms with Gasteiger partial charge in [-0.3, -0.25) is 39.8 Å². The summed E-state index contributed by atoms with van der Waals surface area (Å²) in [6.07, 6.45) is 5.11. The summed E-state index contributed by atoms with van der Waals surface area (Å²) in [5.74, 6) is 0.102. The first kappa shape index (κ1) is 47.8. The Labute approximate surface area is 397 Å². The quantitative estimate of drug-likeness (QED) is 0.188. The lowest BCUT2D eigenvalue weighted by Gasteiger charge is -2.53. The van der Waals surface area contributed by atoms with E-state index < -0.39 is 23.4 Å². The number of anilines is 6. The van der Waals surface area contributed by atoms with E-state index in [0.717, 1.165) is 90.1 Å². The number of hydrogen-bond acceptors (Lipinski definition) is 8. The molecule has 0 bridgehead atoms. The van der Waals surface area contributed by atoms with Crippen molar-refractivity contribution in [3.63, 3.8) is 0 Å². The van der Waals surface area contributed by atoms with Crippen LogP contribution in [0.4, 0.5) is 43.7 Å². The van der Waals surface area contributed by atoms with Crippen LogP contribution < -0.4 is 20.4 Å². The molecule has 2 unspecified atom stereocenters. The summed E-state index contributed by atoms with van der Waals surface area (Å²) in [5.41, 5.74) is 6.86. The maximum absolute atomic E-state index is 15.2. The molecule has 2 saturated heterocycles. The Kier molecular flexibility index (Phi) is 13.1. The molecule has 356 valence electrons. The molecule has 2 atom stereocenters. The normalized spacial score (nSPS) is 20.3. The molecule has 4 heterocycles. The number of para-hydroxylation sites is 2. The Bertz CT molecular complexity index is 2520. The number of piperidine rings is 1. The highest BCUT2D eigenvalue weighted by Gasteiger charge is 2.44. The molecular formula is C55H70N6O6. The third-order valence-corrected chi connectivity index (χ3v) is 13.9. The predicted octanol–water partition coefficient (Wildman–Crippen LogP) is 11.5. The lowest BCUT2D eigenvalue weighted by Crippen LogP contribution is -2.61. The molecule has 0 aromatic heterocycles. The van der Waals surface area contributed by atoms with Crippen molar-refractivity contribution in [2.45, 2.75) is 142 Å². The first-order chi connectivity index (χ1) is 31.5. The van der Waals surface area contributed by atoms with E-state index in [1.54, 1.807) is 0 Å². The number of amides is 4. The maximum Gasteiger partial charge on any atom is 0.412 e. The molecule has 2 N–H and O–H groups in total. The van der Waals surface area contributed by atoms with E-state index in [9.17, 15) is 14.4 Å². The molecule has 0 aliphatic carbocycles. The van der Waals surface area contributed by atoms with Gasteiger partial charge in [0.15, 0.2) is 0 Å². The molecule has 4 aromatic rings. The summed E-state index contributed by atoms with van der Waals surface area (Å²) in [6, 6.07) is 28.0. The second-order valence-electron chi connectivity index (χ2n) is 22.2. The van der Waals surface area contributed by atoms with Gasteiger partial charge in [-0.05, 0) is 191 Å². The molecule has 67 heavy (non-hydrogen) atoms. The van der Waals surface area contributed by atoms with Gasteiger partial charge in [0.2, 0.25) is 11.8 Å². The number of carbonyl (C=O) groups is 4. The molecule has 0 saturated carbocycles. The number of benzene rings is 4. The van der Waals surface area contributed by atoms with Gasteiger partial charge in [0.25, 0.3) is 0 Å². The molecule has 2 fully saturated rings. The molecular weight excluding hydrogens is 841 g/mol. The minimum atomic E-state index is -0.687. The third-order valence-electron chi connectivity index (χ3n) is 13.9. The van der Waals surface area contributed by atoms with Gasteiger partial charge < -0.3 is 9.47 Å². The number of hydrogen-bond donors (Lipinski definition) is 2. The van der Waals surface area contributed by atoms with Crippen molar-refractivity contribution in [1.82, 2.24) is 9.80 Å². The van der Waals surface area contributed by atoms with Gasteiger partial charge in [-0.2, -0.15) is 0 Å². The number of aryl methyl sites for hydroxylation is 2. The summed E-state index contributed by atoms with van der Waals surface area (Å²) in [6.45, 7) is 21.8. The van der Waals surface area contributed by atoms with Gasteiger partial charge in [0.05, 0.1) is 35.8 Å². The minimum absolute atomic E-state index is 0.00798. The van der Waals surface area contributed by atoms with Gasteiger partial charge in [-0.25, -0.2) is 9.59 Å². The smallest absolute Gasteiger partial charge is 0.412 e. The van der Waals surface area contributed by atoms with Crippen LogP contribution in [0.1, 0.15) is 123 Å². The van der Waals surface area contributed by atoms with E-state index >= 15 is 4.79 Å². The van der Waals surface area contributed by atoms with E-state index in [1.807, 2.05) is 118 Å². The summed E-state index contributed by atoms with van der Waals surface area (Å²) < 4.78 is 11.2. The molecule has 12 heteroatoms. The fourth-order valence-corrected chi connectivity index (χ4v) is 11.0. The van der Waals surface area contributed by atoms with Crippen LogP contribution >= 0.6 is 0 Å². The monoisotopic (exact) mass is 911 g/mol. The van der Waals surface area contributed by atoms with E-state index in [1.165, 1.54) is 0 Å². The van der Waals surface area contributed by atoms with E-state index in [-0.39, 0.29) is 47.8 Å². The molecule has 4 aromatic carbocycles. The Hall–Kier alpha value is -5.72. The van der Waals surface area contributed by atoms with Crippen LogP contribution in [0.15, 0.2) is 84.9 Å². The highest BCUT2D eigenvalue weighted by atomic mass is 16.6. The maximum atomic E-state index is 15.2. The number of nitrogens with zero attached hydrogens (tertiary/aromatic N) is 4. The molecule has 4 amide bonds. The molecule has 0 spiro atoms. The lowest BCUT2D eigenvalue weighted by molar-refractivity contribution is -0.125. The van der Waals surface area contributed by atoms with Gasteiger partial charge in [0, 0.05) is 29.0 Å². The van der Waals surface area contributed by atoms with Crippen LogP contribution in [0, 0.1) is 5.92 Å². The zero-order chi connectivity index (χ0) is 48.1. The van der Waals surface area contributed by atoms with Crippen molar-refractivity contribution >= 4 is 58.1 Å². The van der Waals surface area contributed by atoms with E-state index in [2.05, 4.69) is 66.3 Å². The number of likely N-dealkylation sites (tertiary alicyclic amines) is 2. The van der Waals surface area contributed by atoms with Gasteiger partial charge in [-0.1, -0.05) is 48.5 Å². The Morgan fingerprint density at radius 2 is 1.13 bits per heavy atom. The van der Waals surface area contributed by atoms with Crippen molar-refractivity contribution in [1.29, 1.82) is 0 Å². The van der Waals surface area contributed by atoms with Crippen LogP contribution in [0.3, 0.4) is 0 Å². The minimum Gasteiger partial charge on any atom is -0.444 e. The molecule has 8 rings (SSSR count). The van der Waals surface area contributed by atoms with Gasteiger partial charge in [0.1, 0.15) is 11.2 Å². The van der Waals surface area contributed by atoms with Gasteiger partial charge in [-0.15, -0.1) is 0 Å². The zero-order valence-corrected chi connectivity index (χ0v) is 41.3. The summed E-state index contributed by atoms with van der Waals surface area (Å²) in [7, 11) is 0. The predicted molar refractivity (Wildman–Crippen MR) is 267 cm³/mol. The fourth-order valence-electron chi connectivity index (χ4n) is 11.0. The summed E-state index contributed by atoms with van der Waals surface area (Å²) in [5, 5.41) is 5.84. The van der Waals surface area contributed by atoms with Crippen molar-refractivity contribution in [3.8, 4) is 0 Å². The zero-order valence-electron chi connectivity index (χ0n) is 41.3. The number of carbonyl (C=O) groups excluding carboxylic acids is 4. The van der Waals surface area contributed by atoms with Crippen molar-refractivity contribution in [3.05, 3.63) is 107 Å². The van der Waals surface area contributed by atoms with Crippen LogP contribution in [0.5, 0.6) is 0 Å². The largest absolute Gasteiger partial charge is 0.444 e. The molecule has 12 nitrogen and oxygen atoms in total. The van der Waals surface area contributed by atoms with Crippen LogP contribution in [0.2, 0.25) is 0 Å². The Morgan fingerprint density at radius 3 is 1.75 bits per heavy atom. The molecule has 4 aliphatic heterocycles. The highest BCUT2D eigenvalue weighted by Crippen LogP contribution is 2.48. The van der Waals surface area contributed by atoms with Crippen LogP contribution in [-0.4, -0.2) is 82.3 Å². The fraction of sp³-hybridized carbons (Fsp3) is 0.491. The average Bonchev–Trinajstić information content (AvgIpc) is 3.54. The van der Waals surface area contributed by atoms with Crippen molar-refractivity contribution in [2.75, 3.05) is 46.6 Å². The second kappa shape index (κ2) is 18.4. The average molecular weight is 911 g/mol. The number of nitrogens with one attached hydrogen (secondary N) is 2. The number of fused-ring (bicyclic) bond motifs is 4. The molecule has 4 aliphatic rings. The number of rotatable bonds is 7. The van der Waals surface area contributed by atoms with Crippen LogP contribution in [0.25, 0.3) is 0 Å². The third kappa shape index (κ3) is 10.7. The summed E-state index contributed by atoms with van der Waals surface area (Å²) in [4.78, 5) is 64.6. The van der Waals surface area contributed by atoms with Gasteiger partial charge >= 0.3 is 12.2 Å². The van der Waals surface area contributed by atoms with Crippen molar-refractivity contribution < 1.29 is 28.7 Å². The van der Waals surface area contributed by atoms with E-state index in [4.69, 9.17) is 9.47 Å². The van der Waals surface area contributed by atoms with Crippen LogP contribution in [-0.2, 0) is 38.3 Å². The first-order valence-corrected chi connectivity index (χ1v) is 24.1. The molecule has 0 radical (unpaired) electrons. The lowest BCUT2D eigenvalue weighted by atomic mass is 9.80. The first-order valence-electron chi connectivity index (χ1n) is 24.1. The Morgan fingerprint density at radius 1 is 0.627 bits per heavy atom. The number of ether oxygens (including phenoxy) is 2. The topological polar surface area (TPSA) is 124 Å². The SMILES string of the molecule is CC(C)(C)OC(=O)Nc1ccc2c(c1)N(C(=O)CN1CCC(C3Cc4ccccc4N(C(=O)CN4C(C)(C)CCCC4(C)C)c4cc(NC(=O)OC(C)(C)C)ccc43)C1)c1ccccc1CC2. The highest BCUT2D eigenvalue weighted by molar-refractivity contribution is 6.05. The Balaban J connectivity index is 1.11. The summed E-state index contributed by atoms with van der Waals surface area (Å²) >= 11 is 0. The van der Waals surface area contributed by atoms with Crippen molar-refractivity contribution in [2.24, 2.45) is 5.92 Å².